The number of hydrogen-bond donors (Lipinski definition) is 3. The summed E-state index contributed by atoms with van der Waals surface area (Å²) in [4.78, 5) is 8.53. The summed E-state index contributed by atoms with van der Waals surface area (Å²) in [7, 11) is 0. The number of hydrogen-bond acceptors (Lipinski definition) is 5. The number of aromatic nitrogens is 2. The monoisotopic (exact) mass is 299 g/mol. The second kappa shape index (κ2) is 6.01. The van der Waals surface area contributed by atoms with Crippen molar-refractivity contribution >= 4 is 11.7 Å². The van der Waals surface area contributed by atoms with Crippen LogP contribution in [0.4, 0.5) is 5.82 Å². The van der Waals surface area contributed by atoms with Crippen molar-refractivity contribution in [1.29, 1.82) is 0 Å². The van der Waals surface area contributed by atoms with E-state index in [0.717, 1.165) is 16.8 Å². The summed E-state index contributed by atoms with van der Waals surface area (Å²) in [6, 6.07) is 7.44. The number of amidine groups is 1. The van der Waals surface area contributed by atoms with Crippen LogP contribution in [0, 0.1) is 5.92 Å². The Morgan fingerprint density at radius 3 is 2.36 bits per heavy atom. The maximum atomic E-state index is 9.06. The van der Waals surface area contributed by atoms with Crippen LogP contribution < -0.4 is 11.5 Å². The molecule has 2 rings (SSSR count). The van der Waals surface area contributed by atoms with Crippen LogP contribution in [-0.2, 0) is 5.41 Å². The lowest BCUT2D eigenvalue weighted by atomic mass is 9.73. The minimum absolute atomic E-state index is 0.147. The summed E-state index contributed by atoms with van der Waals surface area (Å²) in [5.41, 5.74) is 13.5. The quantitative estimate of drug-likeness (QED) is 0.347. The van der Waals surface area contributed by atoms with Crippen LogP contribution in [0.15, 0.2) is 41.8 Å². The van der Waals surface area contributed by atoms with Crippen LogP contribution in [0.5, 0.6) is 0 Å². The van der Waals surface area contributed by atoms with Gasteiger partial charge in [-0.25, -0.2) is 4.98 Å². The van der Waals surface area contributed by atoms with Crippen molar-refractivity contribution in [1.82, 2.24) is 9.97 Å². The van der Waals surface area contributed by atoms with Gasteiger partial charge in [-0.3, -0.25) is 4.98 Å². The van der Waals surface area contributed by atoms with Gasteiger partial charge in [0, 0.05) is 18.0 Å². The largest absolute Gasteiger partial charge is 0.409 e. The Hall–Kier alpha value is -2.63. The highest BCUT2D eigenvalue weighted by atomic mass is 16.4. The van der Waals surface area contributed by atoms with Crippen molar-refractivity contribution in [2.24, 2.45) is 16.8 Å². The predicted molar refractivity (Wildman–Crippen MR) is 87.5 cm³/mol. The number of nitrogen functional groups attached to an aromatic ring is 1. The standard InChI is InChI=1S/C16H21N5O/c1-10(2)16(3,15(18)21-22)12-5-6-13(19-9-12)11-4-7-14(17)20-8-11/h4-10,22H,1-3H3,(H2,17,20)(H2,18,21)/t16-/m1/s1. The molecule has 0 radical (unpaired) electrons. The van der Waals surface area contributed by atoms with E-state index < -0.39 is 5.41 Å². The number of rotatable bonds is 4. The first-order chi connectivity index (χ1) is 10.4. The topological polar surface area (TPSA) is 110 Å². The van der Waals surface area contributed by atoms with Gasteiger partial charge in [0.05, 0.1) is 11.1 Å². The van der Waals surface area contributed by atoms with Crippen molar-refractivity contribution in [3.63, 3.8) is 0 Å². The van der Waals surface area contributed by atoms with Gasteiger partial charge >= 0.3 is 0 Å². The average Bonchev–Trinajstić information content (AvgIpc) is 2.54. The molecule has 0 aromatic carbocycles. The van der Waals surface area contributed by atoms with E-state index in [4.69, 9.17) is 16.7 Å². The number of nitrogens with two attached hydrogens (primary N) is 2. The second-order valence-corrected chi connectivity index (χ2v) is 5.75. The molecule has 0 bridgehead atoms. The van der Waals surface area contributed by atoms with Crippen LogP contribution in [0.2, 0.25) is 0 Å². The van der Waals surface area contributed by atoms with E-state index in [1.54, 1.807) is 18.5 Å². The van der Waals surface area contributed by atoms with E-state index in [0.29, 0.717) is 5.82 Å². The zero-order valence-corrected chi connectivity index (χ0v) is 13.0. The first-order valence-corrected chi connectivity index (χ1v) is 7.06. The number of anilines is 1. The molecule has 116 valence electrons. The van der Waals surface area contributed by atoms with Crippen molar-refractivity contribution < 1.29 is 5.21 Å². The molecule has 0 aliphatic heterocycles. The fourth-order valence-electron chi connectivity index (χ4n) is 2.31. The third-order valence-corrected chi connectivity index (χ3v) is 4.24. The first-order valence-electron chi connectivity index (χ1n) is 7.06. The maximum absolute atomic E-state index is 9.06. The van der Waals surface area contributed by atoms with Gasteiger partial charge in [0.1, 0.15) is 11.7 Å². The predicted octanol–water partition coefficient (Wildman–Crippen LogP) is 2.39. The van der Waals surface area contributed by atoms with E-state index in [-0.39, 0.29) is 11.8 Å². The van der Waals surface area contributed by atoms with Crippen LogP contribution in [-0.4, -0.2) is 21.0 Å². The lowest BCUT2D eigenvalue weighted by Crippen LogP contribution is -2.43. The molecule has 0 aliphatic rings. The second-order valence-electron chi connectivity index (χ2n) is 5.75. The molecule has 0 fully saturated rings. The van der Waals surface area contributed by atoms with Gasteiger partial charge in [-0.15, -0.1) is 0 Å². The van der Waals surface area contributed by atoms with Gasteiger partial charge in [-0.1, -0.05) is 25.1 Å². The molecular formula is C16H21N5O. The van der Waals surface area contributed by atoms with Gasteiger partial charge in [0.2, 0.25) is 0 Å². The average molecular weight is 299 g/mol. The Morgan fingerprint density at radius 1 is 1.18 bits per heavy atom. The lowest BCUT2D eigenvalue weighted by Gasteiger charge is -2.32. The third kappa shape index (κ3) is 2.72. The number of nitrogens with zero attached hydrogens (tertiary/aromatic N) is 3. The molecular weight excluding hydrogens is 278 g/mol. The van der Waals surface area contributed by atoms with Crippen molar-refractivity contribution in [2.75, 3.05) is 5.73 Å². The third-order valence-electron chi connectivity index (χ3n) is 4.24. The summed E-state index contributed by atoms with van der Waals surface area (Å²) in [5.74, 6) is 0.792. The SMILES string of the molecule is CC(C)[C@@](C)(/C(N)=N/O)c1ccc(-c2ccc(N)nc2)nc1. The Labute approximate surface area is 129 Å². The molecule has 6 heteroatoms. The summed E-state index contributed by atoms with van der Waals surface area (Å²) in [5, 5.41) is 12.3. The van der Waals surface area contributed by atoms with Crippen molar-refractivity contribution in [3.05, 3.63) is 42.2 Å². The van der Waals surface area contributed by atoms with E-state index in [9.17, 15) is 0 Å². The van der Waals surface area contributed by atoms with Gasteiger partial charge < -0.3 is 16.7 Å². The molecule has 0 unspecified atom stereocenters. The van der Waals surface area contributed by atoms with Crippen molar-refractivity contribution in [2.45, 2.75) is 26.2 Å². The molecule has 0 aliphatic carbocycles. The summed E-state index contributed by atoms with van der Waals surface area (Å²) >= 11 is 0. The van der Waals surface area contributed by atoms with E-state index in [1.165, 1.54) is 0 Å². The molecule has 2 heterocycles. The molecule has 2 aromatic heterocycles. The highest BCUT2D eigenvalue weighted by Gasteiger charge is 2.35. The van der Waals surface area contributed by atoms with Crippen LogP contribution >= 0.6 is 0 Å². The lowest BCUT2D eigenvalue weighted by molar-refractivity contribution is 0.306. The molecule has 6 nitrogen and oxygen atoms in total. The van der Waals surface area contributed by atoms with Gasteiger partial charge in [-0.05, 0) is 36.6 Å². The molecule has 0 saturated carbocycles. The Balaban J connectivity index is 2.41. The number of oxime groups is 1. The summed E-state index contributed by atoms with van der Waals surface area (Å²) in [6.45, 7) is 5.99. The van der Waals surface area contributed by atoms with Gasteiger partial charge in [-0.2, -0.15) is 0 Å². The van der Waals surface area contributed by atoms with Gasteiger partial charge in [0.25, 0.3) is 0 Å². The minimum Gasteiger partial charge on any atom is -0.409 e. The Bertz CT molecular complexity index is 664. The highest BCUT2D eigenvalue weighted by Crippen LogP contribution is 2.32. The van der Waals surface area contributed by atoms with Crippen LogP contribution in [0.3, 0.4) is 0 Å². The smallest absolute Gasteiger partial charge is 0.149 e. The fourth-order valence-corrected chi connectivity index (χ4v) is 2.31. The van der Waals surface area contributed by atoms with E-state index >= 15 is 0 Å². The zero-order valence-electron chi connectivity index (χ0n) is 13.0. The van der Waals surface area contributed by atoms with Crippen molar-refractivity contribution in [3.8, 4) is 11.3 Å². The Kier molecular flexibility index (Phi) is 4.30. The number of pyridine rings is 2. The van der Waals surface area contributed by atoms with E-state index in [2.05, 4.69) is 15.1 Å². The summed E-state index contributed by atoms with van der Waals surface area (Å²) < 4.78 is 0. The normalized spacial score (nSPS) is 14.8. The molecule has 1 atom stereocenters. The van der Waals surface area contributed by atoms with Crippen LogP contribution in [0.25, 0.3) is 11.3 Å². The molecule has 2 aromatic rings. The maximum Gasteiger partial charge on any atom is 0.149 e. The first kappa shape index (κ1) is 15.8. The van der Waals surface area contributed by atoms with E-state index in [1.807, 2.05) is 39.0 Å². The summed E-state index contributed by atoms with van der Waals surface area (Å²) in [6.07, 6.45) is 3.44. The Morgan fingerprint density at radius 2 is 1.91 bits per heavy atom. The molecule has 5 N–H and O–H groups in total. The highest BCUT2D eigenvalue weighted by molar-refractivity contribution is 5.91. The molecule has 0 amide bonds. The molecule has 0 spiro atoms. The molecule has 22 heavy (non-hydrogen) atoms. The zero-order chi connectivity index (χ0) is 16.3. The minimum atomic E-state index is -0.584. The molecule has 0 saturated heterocycles. The fraction of sp³-hybridized carbons (Fsp3) is 0.312. The van der Waals surface area contributed by atoms with Gasteiger partial charge in [0.15, 0.2) is 0 Å². The van der Waals surface area contributed by atoms with Crippen LogP contribution in [0.1, 0.15) is 26.3 Å².